The van der Waals surface area contributed by atoms with E-state index >= 15 is 0 Å². The van der Waals surface area contributed by atoms with E-state index in [1.165, 1.54) is 16.7 Å². The third kappa shape index (κ3) is 3.92. The van der Waals surface area contributed by atoms with Gasteiger partial charge in [0, 0.05) is 12.4 Å². The van der Waals surface area contributed by atoms with E-state index in [1.54, 1.807) is 12.4 Å². The van der Waals surface area contributed by atoms with Gasteiger partial charge >= 0.3 is 0 Å². The zero-order valence-electron chi connectivity index (χ0n) is 11.3. The van der Waals surface area contributed by atoms with Gasteiger partial charge in [0.2, 0.25) is 0 Å². The van der Waals surface area contributed by atoms with Gasteiger partial charge in [-0.1, -0.05) is 73.3 Å². The van der Waals surface area contributed by atoms with E-state index in [1.807, 2.05) is 36.4 Å². The molecule has 0 spiro atoms. The van der Waals surface area contributed by atoms with Gasteiger partial charge in [0.25, 0.3) is 0 Å². The Kier molecular flexibility index (Phi) is 5.29. The van der Waals surface area contributed by atoms with Crippen LogP contribution in [-0.2, 0) is 0 Å². The van der Waals surface area contributed by atoms with Gasteiger partial charge in [0.1, 0.15) is 0 Å². The standard InChI is InChI=1S/C14H12.C5H5N/c1-2-12-8-6-7-11-14(12)13-9-4-3-5-10-13;1-2-4-6-5-3-1/h2-11H,1H2;1-5H. The van der Waals surface area contributed by atoms with E-state index in [0.29, 0.717) is 0 Å². The van der Waals surface area contributed by atoms with E-state index in [9.17, 15) is 0 Å². The molecule has 0 radical (unpaired) electrons. The maximum absolute atomic E-state index is 3.82. The molecule has 0 saturated heterocycles. The molecule has 0 aliphatic rings. The van der Waals surface area contributed by atoms with Crippen LogP contribution in [0.2, 0.25) is 0 Å². The molecule has 0 amide bonds. The van der Waals surface area contributed by atoms with E-state index in [2.05, 4.69) is 54.0 Å². The highest BCUT2D eigenvalue weighted by atomic mass is 14.6. The summed E-state index contributed by atoms with van der Waals surface area (Å²) in [5, 5.41) is 0. The average molecular weight is 259 g/mol. The van der Waals surface area contributed by atoms with Crippen molar-refractivity contribution in [2.24, 2.45) is 0 Å². The minimum absolute atomic E-state index is 1.18. The highest BCUT2D eigenvalue weighted by Gasteiger charge is 1.99. The number of nitrogens with zero attached hydrogens (tertiary/aromatic N) is 1. The van der Waals surface area contributed by atoms with Crippen LogP contribution in [0.4, 0.5) is 0 Å². The van der Waals surface area contributed by atoms with Gasteiger partial charge in [-0.2, -0.15) is 0 Å². The molecule has 0 fully saturated rings. The smallest absolute Gasteiger partial charge is 0.0267 e. The first kappa shape index (κ1) is 13.8. The third-order valence-corrected chi connectivity index (χ3v) is 2.83. The van der Waals surface area contributed by atoms with Crippen LogP contribution in [0.3, 0.4) is 0 Å². The average Bonchev–Trinajstić information content (AvgIpc) is 2.58. The molecule has 0 aliphatic heterocycles. The second kappa shape index (κ2) is 7.70. The molecule has 20 heavy (non-hydrogen) atoms. The van der Waals surface area contributed by atoms with Gasteiger partial charge in [-0.25, -0.2) is 0 Å². The minimum Gasteiger partial charge on any atom is -0.265 e. The van der Waals surface area contributed by atoms with Crippen molar-refractivity contribution in [3.05, 3.63) is 97.3 Å². The molecule has 0 bridgehead atoms. The normalized spacial score (nSPS) is 9.20. The van der Waals surface area contributed by atoms with Crippen molar-refractivity contribution in [3.8, 4) is 11.1 Å². The molecule has 0 aliphatic carbocycles. The van der Waals surface area contributed by atoms with Gasteiger partial charge in [-0.05, 0) is 28.8 Å². The number of benzene rings is 2. The van der Waals surface area contributed by atoms with Crippen molar-refractivity contribution < 1.29 is 0 Å². The molecule has 2 aromatic carbocycles. The molecule has 1 aromatic heterocycles. The molecule has 1 heterocycles. The Labute approximate surface area is 120 Å². The van der Waals surface area contributed by atoms with Crippen molar-refractivity contribution in [3.63, 3.8) is 0 Å². The SMILES string of the molecule is C=Cc1ccccc1-c1ccccc1.c1ccncc1. The highest BCUT2D eigenvalue weighted by molar-refractivity contribution is 5.74. The Morgan fingerprint density at radius 2 is 1.30 bits per heavy atom. The molecule has 1 heteroatoms. The summed E-state index contributed by atoms with van der Waals surface area (Å²) in [5.74, 6) is 0. The Morgan fingerprint density at radius 3 is 1.85 bits per heavy atom. The fourth-order valence-electron chi connectivity index (χ4n) is 1.87. The lowest BCUT2D eigenvalue weighted by atomic mass is 10.00. The third-order valence-electron chi connectivity index (χ3n) is 2.83. The largest absolute Gasteiger partial charge is 0.265 e. The van der Waals surface area contributed by atoms with Crippen LogP contribution in [0.5, 0.6) is 0 Å². The lowest BCUT2D eigenvalue weighted by Crippen LogP contribution is -1.81. The Hall–Kier alpha value is -2.67. The second-order valence-corrected chi connectivity index (χ2v) is 4.18. The number of hydrogen-bond acceptors (Lipinski definition) is 1. The summed E-state index contributed by atoms with van der Waals surface area (Å²) in [7, 11) is 0. The van der Waals surface area contributed by atoms with Gasteiger partial charge < -0.3 is 0 Å². The number of rotatable bonds is 2. The Bertz CT molecular complexity index is 603. The summed E-state index contributed by atoms with van der Waals surface area (Å²) in [6.07, 6.45) is 5.39. The number of pyridine rings is 1. The first-order valence-electron chi connectivity index (χ1n) is 6.53. The van der Waals surface area contributed by atoms with Crippen molar-refractivity contribution >= 4 is 6.08 Å². The van der Waals surface area contributed by atoms with Crippen LogP contribution in [0.15, 0.2) is 91.8 Å². The van der Waals surface area contributed by atoms with E-state index < -0.39 is 0 Å². The van der Waals surface area contributed by atoms with Gasteiger partial charge in [0.15, 0.2) is 0 Å². The number of aromatic nitrogens is 1. The number of hydrogen-bond donors (Lipinski definition) is 0. The first-order chi connectivity index (χ1) is 9.92. The lowest BCUT2D eigenvalue weighted by Gasteiger charge is -2.04. The van der Waals surface area contributed by atoms with Gasteiger partial charge in [0.05, 0.1) is 0 Å². The molecule has 98 valence electrons. The predicted octanol–water partition coefficient (Wildman–Crippen LogP) is 5.08. The fourth-order valence-corrected chi connectivity index (χ4v) is 1.87. The summed E-state index contributed by atoms with van der Waals surface area (Å²) in [6, 6.07) is 24.3. The second-order valence-electron chi connectivity index (χ2n) is 4.18. The van der Waals surface area contributed by atoms with Crippen LogP contribution >= 0.6 is 0 Å². The van der Waals surface area contributed by atoms with E-state index in [4.69, 9.17) is 0 Å². The predicted molar refractivity (Wildman–Crippen MR) is 86.2 cm³/mol. The molecule has 0 atom stereocenters. The van der Waals surface area contributed by atoms with Crippen LogP contribution in [0.1, 0.15) is 5.56 Å². The van der Waals surface area contributed by atoms with Crippen LogP contribution in [0, 0.1) is 0 Å². The van der Waals surface area contributed by atoms with Crippen LogP contribution in [0.25, 0.3) is 17.2 Å². The Balaban J connectivity index is 0.000000205. The molecule has 0 saturated carbocycles. The molecule has 0 unspecified atom stereocenters. The molecular formula is C19H17N. The van der Waals surface area contributed by atoms with Crippen molar-refractivity contribution in [1.82, 2.24) is 4.98 Å². The highest BCUT2D eigenvalue weighted by Crippen LogP contribution is 2.23. The van der Waals surface area contributed by atoms with Crippen molar-refractivity contribution in [2.45, 2.75) is 0 Å². The van der Waals surface area contributed by atoms with Crippen molar-refractivity contribution in [1.29, 1.82) is 0 Å². The maximum Gasteiger partial charge on any atom is 0.0267 e. The summed E-state index contributed by atoms with van der Waals surface area (Å²) >= 11 is 0. The minimum atomic E-state index is 1.18. The molecule has 3 rings (SSSR count). The topological polar surface area (TPSA) is 12.9 Å². The van der Waals surface area contributed by atoms with E-state index in [-0.39, 0.29) is 0 Å². The molecule has 3 aromatic rings. The monoisotopic (exact) mass is 259 g/mol. The quantitative estimate of drug-likeness (QED) is 0.625. The van der Waals surface area contributed by atoms with Crippen LogP contribution < -0.4 is 0 Å². The van der Waals surface area contributed by atoms with Crippen molar-refractivity contribution in [2.75, 3.05) is 0 Å². The molecular weight excluding hydrogens is 242 g/mol. The summed E-state index contributed by atoms with van der Waals surface area (Å²) < 4.78 is 0. The van der Waals surface area contributed by atoms with Gasteiger partial charge in [-0.3, -0.25) is 4.98 Å². The van der Waals surface area contributed by atoms with Gasteiger partial charge in [-0.15, -0.1) is 0 Å². The fraction of sp³-hybridized carbons (Fsp3) is 0. The summed E-state index contributed by atoms with van der Waals surface area (Å²) in [4.78, 5) is 3.78. The molecule has 0 N–H and O–H groups in total. The summed E-state index contributed by atoms with van der Waals surface area (Å²) in [5.41, 5.74) is 3.66. The Morgan fingerprint density at radius 1 is 0.700 bits per heavy atom. The first-order valence-corrected chi connectivity index (χ1v) is 6.53. The van der Waals surface area contributed by atoms with E-state index in [0.717, 1.165) is 0 Å². The summed E-state index contributed by atoms with van der Waals surface area (Å²) in [6.45, 7) is 3.82. The molecule has 1 nitrogen and oxygen atoms in total. The zero-order chi connectivity index (χ0) is 14.0. The maximum atomic E-state index is 3.82. The zero-order valence-corrected chi connectivity index (χ0v) is 11.3. The van der Waals surface area contributed by atoms with Crippen LogP contribution in [-0.4, -0.2) is 4.98 Å². The lowest BCUT2D eigenvalue weighted by molar-refractivity contribution is 1.33.